The Hall–Kier alpha value is -0.640. The van der Waals surface area contributed by atoms with Gasteiger partial charge in [0.05, 0.1) is 0 Å². The van der Waals surface area contributed by atoms with E-state index in [1.165, 1.54) is 25.7 Å². The van der Waals surface area contributed by atoms with E-state index in [-0.39, 0.29) is 0 Å². The van der Waals surface area contributed by atoms with Gasteiger partial charge in [-0.3, -0.25) is 0 Å². The van der Waals surface area contributed by atoms with Gasteiger partial charge in [-0.25, -0.2) is 0 Å². The molecule has 0 amide bonds. The van der Waals surface area contributed by atoms with Crippen molar-refractivity contribution in [3.8, 4) is 12.0 Å². The fraction of sp³-hybridized carbons (Fsp3) is 0.818. The Morgan fingerprint density at radius 2 is 1.50 bits per heavy atom. The van der Waals surface area contributed by atoms with Crippen LogP contribution in [0.3, 0.4) is 0 Å². The first-order valence-corrected chi connectivity index (χ1v) is 5.02. The Labute approximate surface area is 77.1 Å². The second-order valence-corrected chi connectivity index (χ2v) is 3.06. The summed E-state index contributed by atoms with van der Waals surface area (Å²) in [5.74, 6) is 2.96. The molecule has 0 N–H and O–H groups in total. The van der Waals surface area contributed by atoms with Gasteiger partial charge in [-0.05, 0) is 19.8 Å². The lowest BCUT2D eigenvalue weighted by Gasteiger charge is -2.16. The van der Waals surface area contributed by atoms with E-state index in [1.54, 1.807) is 0 Å². The van der Waals surface area contributed by atoms with E-state index < -0.39 is 0 Å². The van der Waals surface area contributed by atoms with Crippen LogP contribution in [0.5, 0.6) is 0 Å². The van der Waals surface area contributed by atoms with E-state index >= 15 is 0 Å². The van der Waals surface area contributed by atoms with Crippen LogP contribution < -0.4 is 0 Å². The van der Waals surface area contributed by atoms with Crippen molar-refractivity contribution in [2.45, 2.75) is 46.5 Å². The molecule has 0 aliphatic rings. The highest BCUT2D eigenvalue weighted by Crippen LogP contribution is 1.96. The molecule has 12 heavy (non-hydrogen) atoms. The number of rotatable bonds is 6. The second kappa shape index (κ2) is 8.46. The predicted molar refractivity (Wildman–Crippen MR) is 54.8 cm³/mol. The number of unbranched alkanes of at least 4 members (excludes halogenated alkanes) is 2. The summed E-state index contributed by atoms with van der Waals surface area (Å²) in [7, 11) is 0. The van der Waals surface area contributed by atoms with Crippen molar-refractivity contribution in [1.29, 1.82) is 0 Å². The Kier molecular flexibility index (Phi) is 8.01. The number of hydrogen-bond donors (Lipinski definition) is 0. The van der Waals surface area contributed by atoms with E-state index in [0.717, 1.165) is 13.1 Å². The molecule has 0 aromatic heterocycles. The predicted octanol–water partition coefficient (Wildman–Crippen LogP) is 2.87. The van der Waals surface area contributed by atoms with Crippen molar-refractivity contribution in [2.24, 2.45) is 0 Å². The molecular formula is C11H21N. The third-order valence-electron chi connectivity index (χ3n) is 1.83. The normalized spacial score (nSPS) is 8.92. The number of nitrogens with zero attached hydrogens (tertiary/aromatic N) is 1. The standard InChI is InChI=1S/C11H21N/c1-4-7-10-12(9-6-3)11-8-5-2/h4-5,7-8,10-11H2,1-3H3. The van der Waals surface area contributed by atoms with Crippen LogP contribution >= 0.6 is 0 Å². The summed E-state index contributed by atoms with van der Waals surface area (Å²) in [4.78, 5) is 2.24. The van der Waals surface area contributed by atoms with E-state index in [4.69, 9.17) is 0 Å². The molecule has 0 saturated heterocycles. The Balaban J connectivity index is 3.59. The van der Waals surface area contributed by atoms with Gasteiger partial charge < -0.3 is 4.90 Å². The highest BCUT2D eigenvalue weighted by Gasteiger charge is 1.96. The number of hydrogen-bond acceptors (Lipinski definition) is 1. The molecule has 0 radical (unpaired) electrons. The second-order valence-electron chi connectivity index (χ2n) is 3.06. The van der Waals surface area contributed by atoms with Gasteiger partial charge in [0.15, 0.2) is 0 Å². The fourth-order valence-electron chi connectivity index (χ4n) is 1.08. The minimum atomic E-state index is 1.14. The van der Waals surface area contributed by atoms with Crippen molar-refractivity contribution in [3.05, 3.63) is 0 Å². The summed E-state index contributed by atoms with van der Waals surface area (Å²) in [5, 5.41) is 0. The van der Waals surface area contributed by atoms with Crippen LogP contribution in [0.2, 0.25) is 0 Å². The van der Waals surface area contributed by atoms with E-state index in [2.05, 4.69) is 30.7 Å². The third-order valence-corrected chi connectivity index (χ3v) is 1.83. The zero-order chi connectivity index (χ0) is 9.23. The summed E-state index contributed by atoms with van der Waals surface area (Å²) in [5.41, 5.74) is 0. The van der Waals surface area contributed by atoms with Crippen LogP contribution in [-0.4, -0.2) is 18.0 Å². The first kappa shape index (κ1) is 11.4. The molecular weight excluding hydrogens is 146 g/mol. The molecule has 0 rings (SSSR count). The van der Waals surface area contributed by atoms with Crippen LogP contribution in [0.15, 0.2) is 0 Å². The summed E-state index contributed by atoms with van der Waals surface area (Å²) >= 11 is 0. The van der Waals surface area contributed by atoms with Crippen molar-refractivity contribution >= 4 is 0 Å². The lowest BCUT2D eigenvalue weighted by molar-refractivity contribution is 0.380. The average Bonchev–Trinajstić information content (AvgIpc) is 2.10. The summed E-state index contributed by atoms with van der Waals surface area (Å²) < 4.78 is 0. The molecule has 0 heterocycles. The Morgan fingerprint density at radius 3 is 1.83 bits per heavy atom. The maximum atomic E-state index is 3.14. The summed E-state index contributed by atoms with van der Waals surface area (Å²) in [6.07, 6.45) is 5.04. The zero-order valence-corrected chi connectivity index (χ0v) is 8.69. The van der Waals surface area contributed by atoms with Crippen LogP contribution in [0.1, 0.15) is 46.5 Å². The zero-order valence-electron chi connectivity index (χ0n) is 8.69. The highest BCUT2D eigenvalue weighted by molar-refractivity contribution is 4.94. The smallest absolute Gasteiger partial charge is 0.0260 e. The van der Waals surface area contributed by atoms with Crippen LogP contribution in [0.4, 0.5) is 0 Å². The molecule has 0 aliphatic heterocycles. The molecule has 0 bridgehead atoms. The van der Waals surface area contributed by atoms with Gasteiger partial charge in [-0.1, -0.05) is 32.6 Å². The van der Waals surface area contributed by atoms with Crippen molar-refractivity contribution in [1.82, 2.24) is 4.90 Å². The van der Waals surface area contributed by atoms with Gasteiger partial charge in [0.25, 0.3) is 0 Å². The Morgan fingerprint density at radius 1 is 1.00 bits per heavy atom. The lowest BCUT2D eigenvalue weighted by atomic mass is 10.3. The third kappa shape index (κ3) is 6.09. The molecule has 0 aromatic rings. The Bertz CT molecular complexity index is 133. The summed E-state index contributed by atoms with van der Waals surface area (Å²) in [6.45, 7) is 8.62. The van der Waals surface area contributed by atoms with Gasteiger partial charge in [0.1, 0.15) is 0 Å². The first-order valence-electron chi connectivity index (χ1n) is 5.02. The topological polar surface area (TPSA) is 3.24 Å². The molecule has 0 atom stereocenters. The fourth-order valence-corrected chi connectivity index (χ4v) is 1.08. The van der Waals surface area contributed by atoms with Gasteiger partial charge >= 0.3 is 0 Å². The minimum absolute atomic E-state index is 1.14. The van der Waals surface area contributed by atoms with Crippen molar-refractivity contribution in [2.75, 3.05) is 13.1 Å². The van der Waals surface area contributed by atoms with Gasteiger partial charge in [0.2, 0.25) is 0 Å². The van der Waals surface area contributed by atoms with E-state index in [1.807, 2.05) is 6.92 Å². The molecule has 0 spiro atoms. The quantitative estimate of drug-likeness (QED) is 0.434. The van der Waals surface area contributed by atoms with E-state index in [0.29, 0.717) is 0 Å². The minimum Gasteiger partial charge on any atom is -0.333 e. The first-order chi connectivity index (χ1) is 5.85. The highest BCUT2D eigenvalue weighted by atomic mass is 15.1. The molecule has 0 aromatic carbocycles. The monoisotopic (exact) mass is 167 g/mol. The van der Waals surface area contributed by atoms with Gasteiger partial charge in [0, 0.05) is 19.1 Å². The molecule has 1 nitrogen and oxygen atoms in total. The maximum Gasteiger partial charge on any atom is 0.0260 e. The molecule has 1 heteroatoms. The largest absolute Gasteiger partial charge is 0.333 e. The van der Waals surface area contributed by atoms with Crippen LogP contribution in [0, 0.1) is 12.0 Å². The van der Waals surface area contributed by atoms with Gasteiger partial charge in [-0.2, -0.15) is 0 Å². The van der Waals surface area contributed by atoms with Crippen molar-refractivity contribution < 1.29 is 0 Å². The molecule has 0 fully saturated rings. The van der Waals surface area contributed by atoms with Crippen LogP contribution in [0.25, 0.3) is 0 Å². The van der Waals surface area contributed by atoms with E-state index in [9.17, 15) is 0 Å². The lowest BCUT2D eigenvalue weighted by Crippen LogP contribution is -2.20. The average molecular weight is 167 g/mol. The SMILES string of the molecule is CC#CN(CCCC)CCCC. The molecule has 70 valence electrons. The summed E-state index contributed by atoms with van der Waals surface area (Å²) in [6, 6.07) is 3.14. The maximum absolute atomic E-state index is 3.14. The van der Waals surface area contributed by atoms with Gasteiger partial charge in [-0.15, -0.1) is 0 Å². The molecule has 0 aliphatic carbocycles. The molecule has 0 saturated carbocycles. The van der Waals surface area contributed by atoms with Crippen molar-refractivity contribution in [3.63, 3.8) is 0 Å². The molecule has 0 unspecified atom stereocenters. The van der Waals surface area contributed by atoms with Crippen LogP contribution in [-0.2, 0) is 0 Å².